The highest BCUT2D eigenvalue weighted by Gasteiger charge is 2.18. The number of nitrogens with zero attached hydrogens (tertiary/aromatic N) is 2. The average Bonchev–Trinajstić information content (AvgIpc) is 2.88. The molecule has 0 aliphatic carbocycles. The van der Waals surface area contributed by atoms with Gasteiger partial charge in [0.05, 0.1) is 4.90 Å². The molecule has 0 saturated carbocycles. The lowest BCUT2D eigenvalue weighted by Crippen LogP contribution is -2.22. The van der Waals surface area contributed by atoms with Crippen molar-refractivity contribution in [1.82, 2.24) is 8.87 Å². The van der Waals surface area contributed by atoms with E-state index in [9.17, 15) is 18.0 Å². The molecule has 2 rings (SSSR count). The smallest absolute Gasteiger partial charge is 0.307 e. The van der Waals surface area contributed by atoms with Gasteiger partial charge in [-0.3, -0.25) is 9.59 Å². The number of rotatable bonds is 7. The molecule has 2 aromatic rings. The standard InChI is InChI=1S/C17H23N3O4S2/c1-12-7-8-14(26(23,24)19(3)4)10-15(12)18-16(21)6-5-9-20-13(2)11-25-17(20)22/h7-8,10-11H,5-6,9H2,1-4H3,(H,18,21). The largest absolute Gasteiger partial charge is 0.326 e. The molecule has 0 saturated heterocycles. The molecule has 0 aliphatic rings. The van der Waals surface area contributed by atoms with Crippen LogP contribution in [0.2, 0.25) is 0 Å². The Bertz CT molecular complexity index is 959. The van der Waals surface area contributed by atoms with Crippen LogP contribution in [0.1, 0.15) is 24.1 Å². The van der Waals surface area contributed by atoms with Gasteiger partial charge in [-0.2, -0.15) is 0 Å². The summed E-state index contributed by atoms with van der Waals surface area (Å²) in [5.74, 6) is -0.214. The second kappa shape index (κ2) is 8.15. The molecule has 1 heterocycles. The van der Waals surface area contributed by atoms with Gasteiger partial charge in [0.25, 0.3) is 0 Å². The van der Waals surface area contributed by atoms with E-state index in [2.05, 4.69) is 5.32 Å². The van der Waals surface area contributed by atoms with Crippen LogP contribution in [0.15, 0.2) is 33.3 Å². The zero-order valence-corrected chi connectivity index (χ0v) is 16.9. The fourth-order valence-electron chi connectivity index (χ4n) is 2.39. The molecular formula is C17H23N3O4S2. The number of sulfonamides is 1. The first-order chi connectivity index (χ1) is 12.1. The zero-order valence-electron chi connectivity index (χ0n) is 15.3. The van der Waals surface area contributed by atoms with E-state index in [-0.39, 0.29) is 22.1 Å². The summed E-state index contributed by atoms with van der Waals surface area (Å²) in [4.78, 5) is 24.0. The van der Waals surface area contributed by atoms with Crippen molar-refractivity contribution >= 4 is 33.0 Å². The molecule has 1 N–H and O–H groups in total. The molecule has 0 radical (unpaired) electrons. The second-order valence-electron chi connectivity index (χ2n) is 6.21. The number of benzene rings is 1. The fourth-order valence-corrected chi connectivity index (χ4v) is 4.08. The van der Waals surface area contributed by atoms with Gasteiger partial charge in [-0.15, -0.1) is 0 Å². The third kappa shape index (κ3) is 4.60. The van der Waals surface area contributed by atoms with E-state index in [1.54, 1.807) is 22.9 Å². The molecule has 0 atom stereocenters. The number of carbonyl (C=O) groups is 1. The minimum absolute atomic E-state index is 0.0275. The number of aryl methyl sites for hydroxylation is 2. The summed E-state index contributed by atoms with van der Waals surface area (Å²) in [7, 11) is -0.643. The van der Waals surface area contributed by atoms with Crippen molar-refractivity contribution in [2.75, 3.05) is 19.4 Å². The Morgan fingerprint density at radius 3 is 2.54 bits per heavy atom. The molecule has 0 unspecified atom stereocenters. The lowest BCUT2D eigenvalue weighted by Gasteiger charge is -2.14. The molecule has 1 amide bonds. The maximum atomic E-state index is 12.2. The Hall–Kier alpha value is -1.97. The van der Waals surface area contributed by atoms with Crippen molar-refractivity contribution in [1.29, 1.82) is 0 Å². The number of amides is 1. The Balaban J connectivity index is 2.04. The highest BCUT2D eigenvalue weighted by molar-refractivity contribution is 7.89. The van der Waals surface area contributed by atoms with Gasteiger partial charge >= 0.3 is 4.87 Å². The van der Waals surface area contributed by atoms with E-state index in [1.807, 2.05) is 6.92 Å². The Morgan fingerprint density at radius 1 is 1.27 bits per heavy atom. The van der Waals surface area contributed by atoms with Gasteiger partial charge in [-0.1, -0.05) is 17.4 Å². The number of nitrogens with one attached hydrogen (secondary N) is 1. The first-order valence-corrected chi connectivity index (χ1v) is 10.4. The monoisotopic (exact) mass is 397 g/mol. The molecular weight excluding hydrogens is 374 g/mol. The van der Waals surface area contributed by atoms with Gasteiger partial charge in [-0.25, -0.2) is 12.7 Å². The highest BCUT2D eigenvalue weighted by Crippen LogP contribution is 2.22. The first-order valence-electron chi connectivity index (χ1n) is 8.11. The lowest BCUT2D eigenvalue weighted by atomic mass is 10.2. The van der Waals surface area contributed by atoms with Crippen molar-refractivity contribution in [3.8, 4) is 0 Å². The van der Waals surface area contributed by atoms with Crippen molar-refractivity contribution < 1.29 is 13.2 Å². The molecule has 0 fully saturated rings. The first kappa shape index (κ1) is 20.3. The van der Waals surface area contributed by atoms with Crippen molar-refractivity contribution in [2.45, 2.75) is 38.1 Å². The molecule has 0 aliphatic heterocycles. The van der Waals surface area contributed by atoms with Crippen LogP contribution < -0.4 is 10.2 Å². The molecule has 142 valence electrons. The Morgan fingerprint density at radius 2 is 1.96 bits per heavy atom. The second-order valence-corrected chi connectivity index (χ2v) is 9.18. The maximum Gasteiger partial charge on any atom is 0.307 e. The molecule has 0 spiro atoms. The fraction of sp³-hybridized carbons (Fsp3) is 0.412. The summed E-state index contributed by atoms with van der Waals surface area (Å²) in [6, 6.07) is 4.66. The summed E-state index contributed by atoms with van der Waals surface area (Å²) in [6.07, 6.45) is 0.768. The molecule has 7 nitrogen and oxygen atoms in total. The maximum absolute atomic E-state index is 12.2. The van der Waals surface area contributed by atoms with E-state index in [0.29, 0.717) is 18.7 Å². The minimum atomic E-state index is -3.56. The number of hydrogen-bond acceptors (Lipinski definition) is 5. The van der Waals surface area contributed by atoms with Gasteiger partial charge in [-0.05, 0) is 38.0 Å². The predicted octanol–water partition coefficient (Wildman–Crippen LogP) is 2.20. The van der Waals surface area contributed by atoms with Crippen LogP contribution in [-0.4, -0.2) is 37.3 Å². The minimum Gasteiger partial charge on any atom is -0.326 e. The van der Waals surface area contributed by atoms with Crippen LogP contribution in [-0.2, 0) is 21.4 Å². The average molecular weight is 398 g/mol. The van der Waals surface area contributed by atoms with Crippen LogP contribution >= 0.6 is 11.3 Å². The highest BCUT2D eigenvalue weighted by atomic mass is 32.2. The Kier molecular flexibility index (Phi) is 6.38. The lowest BCUT2D eigenvalue weighted by molar-refractivity contribution is -0.116. The predicted molar refractivity (Wildman–Crippen MR) is 103 cm³/mol. The van der Waals surface area contributed by atoms with Crippen LogP contribution in [0.5, 0.6) is 0 Å². The van der Waals surface area contributed by atoms with E-state index >= 15 is 0 Å². The summed E-state index contributed by atoms with van der Waals surface area (Å²) >= 11 is 1.15. The quantitative estimate of drug-likeness (QED) is 0.776. The Labute approximate surface area is 157 Å². The summed E-state index contributed by atoms with van der Waals surface area (Å²) in [6.45, 7) is 4.14. The SMILES string of the molecule is Cc1ccc(S(=O)(=O)N(C)C)cc1NC(=O)CCCn1c(C)csc1=O. The van der Waals surface area contributed by atoms with Gasteiger partial charge < -0.3 is 9.88 Å². The molecule has 1 aromatic carbocycles. The van der Waals surface area contributed by atoms with Gasteiger partial charge in [0.1, 0.15) is 0 Å². The van der Waals surface area contributed by atoms with Crippen LogP contribution in [0, 0.1) is 13.8 Å². The van der Waals surface area contributed by atoms with Crippen LogP contribution in [0.4, 0.5) is 5.69 Å². The third-order valence-corrected chi connectivity index (χ3v) is 6.72. The van der Waals surface area contributed by atoms with Gasteiger partial charge in [0.15, 0.2) is 0 Å². The van der Waals surface area contributed by atoms with E-state index in [4.69, 9.17) is 0 Å². The van der Waals surface area contributed by atoms with Crippen molar-refractivity contribution in [3.63, 3.8) is 0 Å². The number of aromatic nitrogens is 1. The normalized spacial score (nSPS) is 11.7. The van der Waals surface area contributed by atoms with E-state index in [0.717, 1.165) is 26.9 Å². The molecule has 0 bridgehead atoms. The number of hydrogen-bond donors (Lipinski definition) is 1. The van der Waals surface area contributed by atoms with Crippen LogP contribution in [0.25, 0.3) is 0 Å². The van der Waals surface area contributed by atoms with Gasteiger partial charge in [0, 0.05) is 43.8 Å². The third-order valence-electron chi connectivity index (χ3n) is 4.02. The zero-order chi connectivity index (χ0) is 19.5. The van der Waals surface area contributed by atoms with Crippen LogP contribution in [0.3, 0.4) is 0 Å². The summed E-state index contributed by atoms with van der Waals surface area (Å²) in [5, 5.41) is 4.56. The number of carbonyl (C=O) groups excluding carboxylic acids is 1. The van der Waals surface area contributed by atoms with E-state index < -0.39 is 10.0 Å². The van der Waals surface area contributed by atoms with Crippen molar-refractivity contribution in [2.24, 2.45) is 0 Å². The van der Waals surface area contributed by atoms with E-state index in [1.165, 1.54) is 26.2 Å². The van der Waals surface area contributed by atoms with Gasteiger partial charge in [0.2, 0.25) is 15.9 Å². The topological polar surface area (TPSA) is 88.5 Å². The van der Waals surface area contributed by atoms with Crippen molar-refractivity contribution in [3.05, 3.63) is 44.5 Å². The number of anilines is 1. The molecule has 1 aromatic heterocycles. The number of thiazole rings is 1. The summed E-state index contributed by atoms with van der Waals surface area (Å²) < 4.78 is 27.2. The summed E-state index contributed by atoms with van der Waals surface area (Å²) in [5.41, 5.74) is 2.14. The molecule has 9 heteroatoms. The molecule has 26 heavy (non-hydrogen) atoms.